The standard InChI is InChI=1S/C19H24ClNO2S/c1-3-4-11-24(23)19(15-8-7-14(12-15)17(19)20)18(22)21-16-9-5-13(2)6-10-16/h5-10,14-15,17H,3-4,11-12H2,1-2H3,(H,21,22)/t14-,15+,17?,19?,24?/m0/s1. The number of benzene rings is 1. The largest absolute Gasteiger partial charge is 0.325 e. The fourth-order valence-corrected chi connectivity index (χ4v) is 6.62. The lowest BCUT2D eigenvalue weighted by Gasteiger charge is -2.36. The van der Waals surface area contributed by atoms with Crippen molar-refractivity contribution in [1.29, 1.82) is 0 Å². The Labute approximate surface area is 151 Å². The first-order valence-electron chi connectivity index (χ1n) is 8.59. The van der Waals surface area contributed by atoms with Crippen LogP contribution in [-0.4, -0.2) is 26.0 Å². The van der Waals surface area contributed by atoms with E-state index in [1.165, 1.54) is 0 Å². The van der Waals surface area contributed by atoms with E-state index in [1.807, 2.05) is 37.3 Å². The molecule has 0 spiro atoms. The van der Waals surface area contributed by atoms with E-state index in [2.05, 4.69) is 18.3 Å². The number of carbonyl (C=O) groups excluding carboxylic acids is 1. The molecule has 0 aromatic heterocycles. The summed E-state index contributed by atoms with van der Waals surface area (Å²) in [5, 5.41) is 2.57. The normalized spacial score (nSPS) is 32.0. The SMILES string of the molecule is CCCCS(=O)C1(C(=O)Nc2ccc(C)cc2)C(Cl)[C@H]2C=C[C@@H]1C2. The Morgan fingerprint density at radius 3 is 2.62 bits per heavy atom. The Morgan fingerprint density at radius 1 is 1.33 bits per heavy atom. The maximum Gasteiger partial charge on any atom is 0.245 e. The highest BCUT2D eigenvalue weighted by Gasteiger charge is 2.63. The van der Waals surface area contributed by atoms with Gasteiger partial charge in [0.1, 0.15) is 4.75 Å². The average Bonchev–Trinajstić information content (AvgIpc) is 3.15. The molecule has 0 radical (unpaired) electrons. The maximum absolute atomic E-state index is 13.2. The molecular formula is C19H24ClNO2S. The number of fused-ring (bicyclic) bond motifs is 2. The monoisotopic (exact) mass is 365 g/mol. The Kier molecular flexibility index (Phi) is 5.16. The smallest absolute Gasteiger partial charge is 0.245 e. The van der Waals surface area contributed by atoms with Crippen LogP contribution in [0.15, 0.2) is 36.4 Å². The van der Waals surface area contributed by atoms with Crippen LogP contribution in [0.5, 0.6) is 0 Å². The number of halogens is 1. The fraction of sp³-hybridized carbons (Fsp3) is 0.526. The second kappa shape index (κ2) is 7.01. The van der Waals surface area contributed by atoms with Gasteiger partial charge in [-0.25, -0.2) is 0 Å². The molecule has 3 nitrogen and oxygen atoms in total. The molecule has 5 atom stereocenters. The summed E-state index contributed by atoms with van der Waals surface area (Å²) in [6, 6.07) is 7.66. The van der Waals surface area contributed by atoms with Gasteiger partial charge in [-0.2, -0.15) is 0 Å². The van der Waals surface area contributed by atoms with Gasteiger partial charge in [0.2, 0.25) is 5.91 Å². The molecule has 2 aliphatic carbocycles. The van der Waals surface area contributed by atoms with E-state index in [1.54, 1.807) is 0 Å². The number of carbonyl (C=O) groups is 1. The van der Waals surface area contributed by atoms with Crippen LogP contribution in [0.3, 0.4) is 0 Å². The van der Waals surface area contributed by atoms with Crippen molar-refractivity contribution in [2.45, 2.75) is 43.2 Å². The molecular weight excluding hydrogens is 342 g/mol. The van der Waals surface area contributed by atoms with Gasteiger partial charge in [0.25, 0.3) is 0 Å². The van der Waals surface area contributed by atoms with Crippen molar-refractivity contribution in [2.24, 2.45) is 11.8 Å². The highest BCUT2D eigenvalue weighted by atomic mass is 35.5. The van der Waals surface area contributed by atoms with Crippen LogP contribution in [0.25, 0.3) is 0 Å². The second-order valence-corrected chi connectivity index (χ2v) is 9.05. The Bertz CT molecular complexity index is 672. The van der Waals surface area contributed by atoms with Gasteiger partial charge in [0.15, 0.2) is 0 Å². The number of anilines is 1. The molecule has 24 heavy (non-hydrogen) atoms. The highest BCUT2D eigenvalue weighted by molar-refractivity contribution is 7.87. The summed E-state index contributed by atoms with van der Waals surface area (Å²) in [5.74, 6) is 0.440. The molecule has 1 amide bonds. The number of alkyl halides is 1. The minimum absolute atomic E-state index is 0.0341. The van der Waals surface area contributed by atoms with Crippen LogP contribution in [0.4, 0.5) is 5.69 Å². The summed E-state index contributed by atoms with van der Waals surface area (Å²) < 4.78 is 12.1. The van der Waals surface area contributed by atoms with Crippen molar-refractivity contribution in [3.05, 3.63) is 42.0 Å². The number of hydrogen-bond donors (Lipinski definition) is 1. The van der Waals surface area contributed by atoms with Crippen molar-refractivity contribution in [1.82, 2.24) is 0 Å². The van der Waals surface area contributed by atoms with Gasteiger partial charge in [0.05, 0.1) is 5.38 Å². The van der Waals surface area contributed by atoms with E-state index >= 15 is 0 Å². The summed E-state index contributed by atoms with van der Waals surface area (Å²) in [6.45, 7) is 4.07. The number of rotatable bonds is 6. The first-order valence-corrected chi connectivity index (χ1v) is 10.3. The minimum atomic E-state index is -1.29. The zero-order chi connectivity index (χ0) is 17.3. The van der Waals surface area contributed by atoms with Crippen molar-refractivity contribution >= 4 is 34.0 Å². The molecule has 1 aromatic carbocycles. The summed E-state index contributed by atoms with van der Waals surface area (Å²) in [4.78, 5) is 13.2. The molecule has 1 N–H and O–H groups in total. The highest BCUT2D eigenvalue weighted by Crippen LogP contribution is 2.53. The van der Waals surface area contributed by atoms with Crippen LogP contribution in [-0.2, 0) is 15.6 Å². The first kappa shape index (κ1) is 17.7. The molecule has 1 aromatic rings. The molecule has 0 heterocycles. The number of hydrogen-bond acceptors (Lipinski definition) is 2. The van der Waals surface area contributed by atoms with E-state index < -0.39 is 20.9 Å². The summed E-state index contributed by atoms with van der Waals surface area (Å²) >= 11 is 6.69. The average molecular weight is 366 g/mol. The zero-order valence-electron chi connectivity index (χ0n) is 14.1. The third-order valence-electron chi connectivity index (χ3n) is 5.18. The van der Waals surface area contributed by atoms with Gasteiger partial charge in [-0.1, -0.05) is 43.2 Å². The fourth-order valence-electron chi connectivity index (χ4n) is 3.79. The second-order valence-electron chi connectivity index (χ2n) is 6.81. The van der Waals surface area contributed by atoms with E-state index in [9.17, 15) is 9.00 Å². The minimum Gasteiger partial charge on any atom is -0.325 e. The van der Waals surface area contributed by atoms with E-state index in [0.29, 0.717) is 5.75 Å². The Hall–Kier alpha value is -1.13. The molecule has 2 bridgehead atoms. The molecule has 1 fully saturated rings. The number of amides is 1. The molecule has 1 saturated carbocycles. The van der Waals surface area contributed by atoms with Crippen LogP contribution in [0.1, 0.15) is 31.7 Å². The topological polar surface area (TPSA) is 46.2 Å². The van der Waals surface area contributed by atoms with Gasteiger partial charge in [-0.05, 0) is 37.8 Å². The Balaban J connectivity index is 1.90. The predicted octanol–water partition coefficient (Wildman–Crippen LogP) is 4.03. The van der Waals surface area contributed by atoms with Crippen LogP contribution in [0.2, 0.25) is 0 Å². The zero-order valence-corrected chi connectivity index (χ0v) is 15.7. The van der Waals surface area contributed by atoms with Crippen molar-refractivity contribution in [3.8, 4) is 0 Å². The van der Waals surface area contributed by atoms with E-state index in [0.717, 1.165) is 30.5 Å². The number of aryl methyl sites for hydroxylation is 1. The number of unbranched alkanes of at least 4 members (excludes halogenated alkanes) is 1. The summed E-state index contributed by atoms with van der Waals surface area (Å²) in [6.07, 6.45) is 6.75. The molecule has 0 saturated heterocycles. The van der Waals surface area contributed by atoms with Crippen LogP contribution >= 0.6 is 11.6 Å². The Morgan fingerprint density at radius 2 is 2.04 bits per heavy atom. The summed E-state index contributed by atoms with van der Waals surface area (Å²) in [7, 11) is -1.29. The molecule has 2 aliphatic rings. The third kappa shape index (κ3) is 2.84. The maximum atomic E-state index is 13.2. The van der Waals surface area contributed by atoms with Crippen molar-refractivity contribution in [2.75, 3.05) is 11.1 Å². The molecule has 5 heteroatoms. The predicted molar refractivity (Wildman–Crippen MR) is 101 cm³/mol. The van der Waals surface area contributed by atoms with E-state index in [4.69, 9.17) is 11.6 Å². The quantitative estimate of drug-likeness (QED) is 0.611. The first-order chi connectivity index (χ1) is 11.5. The van der Waals surface area contributed by atoms with Crippen molar-refractivity contribution < 1.29 is 9.00 Å². The molecule has 3 rings (SSSR count). The molecule has 3 unspecified atom stereocenters. The van der Waals surface area contributed by atoms with Gasteiger partial charge in [-0.3, -0.25) is 9.00 Å². The molecule has 130 valence electrons. The van der Waals surface area contributed by atoms with Gasteiger partial charge >= 0.3 is 0 Å². The lowest BCUT2D eigenvalue weighted by atomic mass is 9.90. The van der Waals surface area contributed by atoms with Gasteiger partial charge < -0.3 is 5.32 Å². The van der Waals surface area contributed by atoms with Crippen LogP contribution < -0.4 is 5.32 Å². The number of nitrogens with one attached hydrogen (secondary N) is 1. The lowest BCUT2D eigenvalue weighted by Crippen LogP contribution is -2.56. The van der Waals surface area contributed by atoms with Crippen LogP contribution in [0, 0.1) is 18.8 Å². The van der Waals surface area contributed by atoms with Gasteiger partial charge in [-0.15, -0.1) is 11.6 Å². The summed E-state index contributed by atoms with van der Waals surface area (Å²) in [5.41, 5.74) is 1.86. The van der Waals surface area contributed by atoms with Crippen molar-refractivity contribution in [3.63, 3.8) is 0 Å². The third-order valence-corrected chi connectivity index (χ3v) is 8.13. The van der Waals surface area contributed by atoms with Gasteiger partial charge in [0, 0.05) is 28.2 Å². The molecule has 0 aliphatic heterocycles. The number of allylic oxidation sites excluding steroid dienone is 2. The van der Waals surface area contributed by atoms with E-state index in [-0.39, 0.29) is 17.7 Å². The lowest BCUT2D eigenvalue weighted by molar-refractivity contribution is -0.119.